The number of aliphatic imine (C=N–C) groups is 1. The van der Waals surface area contributed by atoms with Crippen LogP contribution in [0.5, 0.6) is 0 Å². The van der Waals surface area contributed by atoms with Crippen molar-refractivity contribution >= 4 is 11.6 Å². The fourth-order valence-electron chi connectivity index (χ4n) is 2.01. The molecule has 0 aliphatic rings. The van der Waals surface area contributed by atoms with E-state index in [1.165, 1.54) is 17.7 Å². The topological polar surface area (TPSA) is 50.4 Å². The molecular weight excluding hydrogens is 265 g/mol. The van der Waals surface area contributed by atoms with Crippen LogP contribution in [0.4, 0.5) is 10.1 Å². The van der Waals surface area contributed by atoms with Gasteiger partial charge in [-0.2, -0.15) is 0 Å². The predicted octanol–water partition coefficient (Wildman–Crippen LogP) is 3.36. The maximum Gasteiger partial charge on any atom is 0.193 e. The summed E-state index contributed by atoms with van der Waals surface area (Å²) in [4.78, 5) is 4.28. The fourth-order valence-corrected chi connectivity index (χ4v) is 2.01. The van der Waals surface area contributed by atoms with Crippen LogP contribution in [0.3, 0.4) is 0 Å². The molecule has 0 atom stereocenters. The zero-order valence-electron chi connectivity index (χ0n) is 12.1. The molecule has 0 saturated heterocycles. The molecule has 0 aliphatic heterocycles. The third-order valence-corrected chi connectivity index (χ3v) is 3.20. The second-order valence-corrected chi connectivity index (χ2v) is 4.82. The Kier molecular flexibility index (Phi) is 5.32. The molecule has 2 aromatic rings. The molecule has 0 aliphatic carbocycles. The smallest absolute Gasteiger partial charge is 0.193 e. The summed E-state index contributed by atoms with van der Waals surface area (Å²) in [6, 6.07) is 14.5. The second kappa shape index (κ2) is 7.43. The Morgan fingerprint density at radius 2 is 1.90 bits per heavy atom. The van der Waals surface area contributed by atoms with Crippen molar-refractivity contribution in [3.8, 4) is 0 Å². The van der Waals surface area contributed by atoms with E-state index in [0.29, 0.717) is 12.5 Å². The van der Waals surface area contributed by atoms with Gasteiger partial charge in [-0.25, -0.2) is 4.39 Å². The van der Waals surface area contributed by atoms with E-state index in [2.05, 4.69) is 29.4 Å². The van der Waals surface area contributed by atoms with Gasteiger partial charge in [0.25, 0.3) is 0 Å². The van der Waals surface area contributed by atoms with E-state index in [0.717, 1.165) is 24.1 Å². The number of hydrogen-bond donors (Lipinski definition) is 2. The highest BCUT2D eigenvalue weighted by Gasteiger charge is 1.97. The monoisotopic (exact) mass is 285 g/mol. The average Bonchev–Trinajstić information content (AvgIpc) is 2.49. The summed E-state index contributed by atoms with van der Waals surface area (Å²) in [5.74, 6) is 0.171. The lowest BCUT2D eigenvalue weighted by Crippen LogP contribution is -2.23. The van der Waals surface area contributed by atoms with E-state index in [9.17, 15) is 4.39 Å². The van der Waals surface area contributed by atoms with Gasteiger partial charge in [-0.05, 0) is 48.2 Å². The number of nitrogens with two attached hydrogens (primary N) is 1. The Morgan fingerprint density at radius 3 is 2.62 bits per heavy atom. The van der Waals surface area contributed by atoms with Gasteiger partial charge in [0.05, 0.1) is 0 Å². The van der Waals surface area contributed by atoms with Crippen LogP contribution >= 0.6 is 0 Å². The van der Waals surface area contributed by atoms with Crippen molar-refractivity contribution in [3.05, 3.63) is 65.5 Å². The van der Waals surface area contributed by atoms with Crippen LogP contribution < -0.4 is 11.1 Å². The molecule has 0 heterocycles. The Labute approximate surface area is 124 Å². The molecule has 21 heavy (non-hydrogen) atoms. The molecule has 2 aromatic carbocycles. The third-order valence-electron chi connectivity index (χ3n) is 3.20. The molecule has 3 nitrogen and oxygen atoms in total. The number of nitrogens with one attached hydrogen (secondary N) is 1. The van der Waals surface area contributed by atoms with Crippen molar-refractivity contribution < 1.29 is 4.39 Å². The Hall–Kier alpha value is -2.36. The number of guanidine groups is 1. The molecule has 0 saturated carbocycles. The highest BCUT2D eigenvalue weighted by Crippen LogP contribution is 2.10. The van der Waals surface area contributed by atoms with Gasteiger partial charge in [-0.1, -0.05) is 31.2 Å². The minimum atomic E-state index is -0.223. The Balaban J connectivity index is 1.87. The molecule has 0 fully saturated rings. The standard InChI is InChI=1S/C17H20FN3/c1-2-13-4-3-5-16(12-13)21-17(19)20-11-10-14-6-8-15(18)9-7-14/h3-9,12H,2,10-11H2,1H3,(H3,19,20,21). The first-order chi connectivity index (χ1) is 10.2. The normalized spacial score (nSPS) is 11.4. The molecule has 0 aromatic heterocycles. The number of nitrogens with zero attached hydrogens (tertiary/aromatic N) is 1. The first-order valence-electron chi connectivity index (χ1n) is 7.07. The van der Waals surface area contributed by atoms with Gasteiger partial charge >= 0.3 is 0 Å². The molecule has 0 bridgehead atoms. The summed E-state index contributed by atoms with van der Waals surface area (Å²) in [5.41, 5.74) is 9.10. The van der Waals surface area contributed by atoms with E-state index in [4.69, 9.17) is 5.73 Å². The SMILES string of the molecule is CCc1cccc(NC(N)=NCCc2ccc(F)cc2)c1. The van der Waals surface area contributed by atoms with Gasteiger partial charge in [0, 0.05) is 12.2 Å². The number of halogens is 1. The number of hydrogen-bond acceptors (Lipinski definition) is 1. The van der Waals surface area contributed by atoms with Gasteiger partial charge < -0.3 is 11.1 Å². The molecule has 0 radical (unpaired) electrons. The first kappa shape index (κ1) is 15.0. The van der Waals surface area contributed by atoms with E-state index in [1.807, 2.05) is 12.1 Å². The van der Waals surface area contributed by atoms with Crippen molar-refractivity contribution in [1.82, 2.24) is 0 Å². The highest BCUT2D eigenvalue weighted by atomic mass is 19.1. The molecule has 3 N–H and O–H groups in total. The number of anilines is 1. The van der Waals surface area contributed by atoms with Crippen LogP contribution in [0.2, 0.25) is 0 Å². The van der Waals surface area contributed by atoms with Crippen molar-refractivity contribution in [1.29, 1.82) is 0 Å². The second-order valence-electron chi connectivity index (χ2n) is 4.82. The molecule has 0 unspecified atom stereocenters. The van der Waals surface area contributed by atoms with Crippen LogP contribution in [-0.4, -0.2) is 12.5 Å². The molecular formula is C17H20FN3. The van der Waals surface area contributed by atoms with Crippen LogP contribution in [0.25, 0.3) is 0 Å². The molecule has 2 rings (SSSR count). The lowest BCUT2D eigenvalue weighted by atomic mass is 10.1. The van der Waals surface area contributed by atoms with Crippen molar-refractivity contribution in [2.45, 2.75) is 19.8 Å². The summed E-state index contributed by atoms with van der Waals surface area (Å²) < 4.78 is 12.8. The van der Waals surface area contributed by atoms with Crippen molar-refractivity contribution in [3.63, 3.8) is 0 Å². The fraction of sp³-hybridized carbons (Fsp3) is 0.235. The van der Waals surface area contributed by atoms with Gasteiger partial charge in [-0.15, -0.1) is 0 Å². The lowest BCUT2D eigenvalue weighted by molar-refractivity contribution is 0.627. The van der Waals surface area contributed by atoms with Crippen LogP contribution in [-0.2, 0) is 12.8 Å². The average molecular weight is 285 g/mol. The van der Waals surface area contributed by atoms with Crippen LogP contribution in [0.15, 0.2) is 53.5 Å². The first-order valence-corrected chi connectivity index (χ1v) is 7.07. The third kappa shape index (κ3) is 4.91. The molecule has 4 heteroatoms. The molecule has 0 spiro atoms. The van der Waals surface area contributed by atoms with Crippen LogP contribution in [0, 0.1) is 5.82 Å². The van der Waals surface area contributed by atoms with E-state index in [1.54, 1.807) is 12.1 Å². The minimum Gasteiger partial charge on any atom is -0.370 e. The quantitative estimate of drug-likeness (QED) is 0.654. The summed E-state index contributed by atoms with van der Waals surface area (Å²) >= 11 is 0. The maximum absolute atomic E-state index is 12.8. The zero-order valence-corrected chi connectivity index (χ0v) is 12.1. The Morgan fingerprint density at radius 1 is 1.14 bits per heavy atom. The summed E-state index contributed by atoms with van der Waals surface area (Å²) in [7, 11) is 0. The highest BCUT2D eigenvalue weighted by molar-refractivity contribution is 5.92. The maximum atomic E-state index is 12.8. The summed E-state index contributed by atoms with van der Waals surface area (Å²) in [6.07, 6.45) is 1.72. The van der Waals surface area contributed by atoms with Gasteiger partial charge in [0.15, 0.2) is 5.96 Å². The number of benzene rings is 2. The minimum absolute atomic E-state index is 0.223. The van der Waals surface area contributed by atoms with Gasteiger partial charge in [0.1, 0.15) is 5.82 Å². The van der Waals surface area contributed by atoms with Crippen molar-refractivity contribution in [2.24, 2.45) is 10.7 Å². The largest absolute Gasteiger partial charge is 0.370 e. The van der Waals surface area contributed by atoms with E-state index < -0.39 is 0 Å². The summed E-state index contributed by atoms with van der Waals surface area (Å²) in [5, 5.41) is 3.08. The Bertz CT molecular complexity index is 606. The molecule has 110 valence electrons. The van der Waals surface area contributed by atoms with Gasteiger partial charge in [0.2, 0.25) is 0 Å². The number of aryl methyl sites for hydroxylation is 1. The van der Waals surface area contributed by atoms with Gasteiger partial charge in [-0.3, -0.25) is 4.99 Å². The lowest BCUT2D eigenvalue weighted by Gasteiger charge is -2.07. The van der Waals surface area contributed by atoms with E-state index in [-0.39, 0.29) is 5.82 Å². The molecule has 0 amide bonds. The predicted molar refractivity (Wildman–Crippen MR) is 86.0 cm³/mol. The van der Waals surface area contributed by atoms with Crippen molar-refractivity contribution in [2.75, 3.05) is 11.9 Å². The number of rotatable bonds is 5. The van der Waals surface area contributed by atoms with E-state index >= 15 is 0 Å². The van der Waals surface area contributed by atoms with Crippen LogP contribution in [0.1, 0.15) is 18.1 Å². The zero-order chi connectivity index (χ0) is 15.1. The summed E-state index contributed by atoms with van der Waals surface area (Å²) in [6.45, 7) is 2.68.